The summed E-state index contributed by atoms with van der Waals surface area (Å²) < 4.78 is 19.9. The molecule has 33 heavy (non-hydrogen) atoms. The van der Waals surface area contributed by atoms with Crippen molar-refractivity contribution in [2.75, 3.05) is 6.79 Å². The number of fused-ring (bicyclic) bond motifs is 2. The van der Waals surface area contributed by atoms with E-state index in [0.717, 1.165) is 18.4 Å². The second-order valence-corrected chi connectivity index (χ2v) is 8.37. The van der Waals surface area contributed by atoms with Gasteiger partial charge in [0, 0.05) is 18.7 Å². The number of H-pyrrole nitrogens is 1. The molecule has 172 valence electrons. The molecule has 0 saturated heterocycles. The third-order valence-electron chi connectivity index (χ3n) is 5.37. The average Bonchev–Trinajstić information content (AvgIpc) is 3.54. The van der Waals surface area contributed by atoms with Gasteiger partial charge in [0.1, 0.15) is 5.82 Å². The minimum absolute atomic E-state index is 0.192. The summed E-state index contributed by atoms with van der Waals surface area (Å²) in [6.07, 6.45) is 1.74. The molecule has 12 heteroatoms. The third kappa shape index (κ3) is 3.90. The summed E-state index contributed by atoms with van der Waals surface area (Å²) in [4.78, 5) is 32.0. The predicted octanol–water partition coefficient (Wildman–Crippen LogP) is 2.78. The molecule has 0 fully saturated rings. The average molecular weight is 471 g/mol. The van der Waals surface area contributed by atoms with Gasteiger partial charge in [0.2, 0.25) is 12.7 Å². The van der Waals surface area contributed by atoms with Gasteiger partial charge in [-0.1, -0.05) is 25.1 Å². The maximum atomic E-state index is 12.5. The molecule has 0 saturated carbocycles. The molecule has 0 unspecified atom stereocenters. The Morgan fingerprint density at radius 1 is 1.12 bits per heavy atom. The molecule has 1 N–H and O–H groups in total. The number of aryl methyl sites for hydroxylation is 2. The fourth-order valence-electron chi connectivity index (χ4n) is 3.73. The lowest BCUT2D eigenvalue weighted by atomic mass is 10.2. The van der Waals surface area contributed by atoms with Crippen LogP contribution in [0.2, 0.25) is 0 Å². The van der Waals surface area contributed by atoms with Crippen molar-refractivity contribution in [3.05, 3.63) is 44.9 Å². The van der Waals surface area contributed by atoms with Crippen LogP contribution < -0.4 is 20.7 Å². The van der Waals surface area contributed by atoms with Crippen molar-refractivity contribution in [3.63, 3.8) is 0 Å². The van der Waals surface area contributed by atoms with Gasteiger partial charge in [-0.15, -0.1) is 10.2 Å². The van der Waals surface area contributed by atoms with Crippen molar-refractivity contribution < 1.29 is 13.9 Å². The Balaban J connectivity index is 1.41. The molecule has 4 aromatic rings. The normalized spacial score (nSPS) is 12.7. The molecule has 0 aliphatic carbocycles. The minimum Gasteiger partial charge on any atom is -0.454 e. The van der Waals surface area contributed by atoms with E-state index in [0.29, 0.717) is 58.4 Å². The minimum atomic E-state index is -0.439. The molecule has 0 amide bonds. The first kappa shape index (κ1) is 21.3. The van der Waals surface area contributed by atoms with Gasteiger partial charge in [-0.25, -0.2) is 9.78 Å². The molecule has 0 radical (unpaired) electrons. The molecule has 0 atom stereocenters. The first-order valence-corrected chi connectivity index (χ1v) is 11.7. The number of nitrogens with one attached hydrogen (secondary N) is 1. The molecule has 0 spiro atoms. The van der Waals surface area contributed by atoms with Crippen LogP contribution in [0, 0.1) is 0 Å². The zero-order valence-corrected chi connectivity index (χ0v) is 19.0. The van der Waals surface area contributed by atoms with Gasteiger partial charge < -0.3 is 18.5 Å². The molecule has 1 aromatic carbocycles. The first-order valence-electron chi connectivity index (χ1n) is 10.7. The standard InChI is InChI=1S/C21H22N6O5S/c1-3-5-8-27-17-16(18(28)23-20(27)29)26(4-2)15(22-17)10-33-21-25-24-19(32-21)12-6-7-13-14(9-12)31-11-30-13/h6-7,9H,3-5,8,10-11H2,1-2H3,(H,23,28,29). The zero-order chi connectivity index (χ0) is 22.9. The molecular weight excluding hydrogens is 448 g/mol. The van der Waals surface area contributed by atoms with E-state index in [4.69, 9.17) is 13.9 Å². The highest BCUT2D eigenvalue weighted by molar-refractivity contribution is 7.98. The smallest absolute Gasteiger partial charge is 0.330 e. The fraction of sp³-hybridized carbons (Fsp3) is 0.381. The van der Waals surface area contributed by atoms with E-state index < -0.39 is 11.2 Å². The van der Waals surface area contributed by atoms with Crippen LogP contribution in [0.3, 0.4) is 0 Å². The SMILES string of the molecule is CCCCn1c(=O)[nH]c(=O)c2c1nc(CSc1nnc(-c3ccc4c(c3)OCO4)o1)n2CC. The van der Waals surface area contributed by atoms with Gasteiger partial charge in [-0.3, -0.25) is 14.3 Å². The zero-order valence-electron chi connectivity index (χ0n) is 18.2. The number of hydrogen-bond donors (Lipinski definition) is 1. The van der Waals surface area contributed by atoms with Crippen molar-refractivity contribution in [3.8, 4) is 23.0 Å². The number of rotatable bonds is 8. The molecule has 5 rings (SSSR count). The van der Waals surface area contributed by atoms with Crippen molar-refractivity contribution in [2.24, 2.45) is 0 Å². The van der Waals surface area contributed by atoms with Crippen LogP contribution in [0.4, 0.5) is 0 Å². The highest BCUT2D eigenvalue weighted by atomic mass is 32.2. The first-order chi connectivity index (χ1) is 16.1. The van der Waals surface area contributed by atoms with E-state index in [9.17, 15) is 9.59 Å². The Morgan fingerprint density at radius 2 is 1.97 bits per heavy atom. The van der Waals surface area contributed by atoms with Crippen LogP contribution >= 0.6 is 11.8 Å². The number of aromatic nitrogens is 6. The summed E-state index contributed by atoms with van der Waals surface area (Å²) in [7, 11) is 0. The number of aromatic amines is 1. The van der Waals surface area contributed by atoms with E-state index in [1.54, 1.807) is 12.1 Å². The van der Waals surface area contributed by atoms with Gasteiger partial charge in [-0.2, -0.15) is 0 Å². The van der Waals surface area contributed by atoms with Crippen LogP contribution in [0.5, 0.6) is 11.5 Å². The molecular formula is C21H22N6O5S. The van der Waals surface area contributed by atoms with Crippen molar-refractivity contribution in [2.45, 2.75) is 50.8 Å². The van der Waals surface area contributed by atoms with Gasteiger partial charge in [0.15, 0.2) is 22.7 Å². The molecule has 1 aliphatic heterocycles. The second-order valence-electron chi connectivity index (χ2n) is 7.44. The predicted molar refractivity (Wildman–Crippen MR) is 121 cm³/mol. The van der Waals surface area contributed by atoms with Gasteiger partial charge in [0.05, 0.1) is 5.75 Å². The maximum Gasteiger partial charge on any atom is 0.330 e. The number of nitrogens with zero attached hydrogens (tertiary/aromatic N) is 5. The van der Waals surface area contributed by atoms with E-state index in [1.165, 1.54) is 16.3 Å². The summed E-state index contributed by atoms with van der Waals surface area (Å²) in [6, 6.07) is 5.42. The number of imidazole rings is 1. The maximum absolute atomic E-state index is 12.5. The summed E-state index contributed by atoms with van der Waals surface area (Å²) >= 11 is 1.31. The lowest BCUT2D eigenvalue weighted by molar-refractivity contribution is 0.174. The quantitative estimate of drug-likeness (QED) is 0.386. The van der Waals surface area contributed by atoms with Crippen LogP contribution in [0.1, 0.15) is 32.5 Å². The number of thioether (sulfide) groups is 1. The monoisotopic (exact) mass is 470 g/mol. The summed E-state index contributed by atoms with van der Waals surface area (Å²) in [5.74, 6) is 2.73. The van der Waals surface area contributed by atoms with Crippen molar-refractivity contribution >= 4 is 22.9 Å². The van der Waals surface area contributed by atoms with Crippen molar-refractivity contribution in [1.29, 1.82) is 0 Å². The van der Waals surface area contributed by atoms with E-state index in [2.05, 4.69) is 20.2 Å². The van der Waals surface area contributed by atoms with E-state index in [-0.39, 0.29) is 6.79 Å². The topological polar surface area (TPSA) is 130 Å². The van der Waals surface area contributed by atoms with Gasteiger partial charge >= 0.3 is 5.69 Å². The Labute approximate surface area is 191 Å². The molecule has 0 bridgehead atoms. The van der Waals surface area contributed by atoms with Gasteiger partial charge in [0.25, 0.3) is 10.8 Å². The highest BCUT2D eigenvalue weighted by Crippen LogP contribution is 2.36. The fourth-order valence-corrected chi connectivity index (χ4v) is 4.44. The summed E-state index contributed by atoms with van der Waals surface area (Å²) in [5, 5.41) is 8.61. The summed E-state index contributed by atoms with van der Waals surface area (Å²) in [5.41, 5.74) is 0.657. The van der Waals surface area contributed by atoms with Gasteiger partial charge in [-0.05, 0) is 31.5 Å². The van der Waals surface area contributed by atoms with Crippen LogP contribution in [0.15, 0.2) is 37.4 Å². The van der Waals surface area contributed by atoms with E-state index in [1.807, 2.05) is 24.5 Å². The molecule has 3 aromatic heterocycles. The second kappa shape index (κ2) is 8.77. The van der Waals surface area contributed by atoms with Crippen LogP contribution in [0.25, 0.3) is 22.6 Å². The van der Waals surface area contributed by atoms with Crippen LogP contribution in [-0.2, 0) is 18.8 Å². The Morgan fingerprint density at radius 3 is 2.79 bits per heavy atom. The number of ether oxygens (including phenoxy) is 2. The number of benzene rings is 1. The lowest BCUT2D eigenvalue weighted by Gasteiger charge is -2.06. The Kier molecular flexibility index (Phi) is 5.67. The molecule has 11 nitrogen and oxygen atoms in total. The molecule has 1 aliphatic rings. The summed E-state index contributed by atoms with van der Waals surface area (Å²) in [6.45, 7) is 5.20. The molecule has 4 heterocycles. The van der Waals surface area contributed by atoms with Crippen LogP contribution in [-0.4, -0.2) is 36.1 Å². The number of hydrogen-bond acceptors (Lipinski definition) is 9. The van der Waals surface area contributed by atoms with Crippen molar-refractivity contribution in [1.82, 2.24) is 29.3 Å². The Hall–Kier alpha value is -3.54. The highest BCUT2D eigenvalue weighted by Gasteiger charge is 2.20. The number of unbranched alkanes of at least 4 members (excludes halogenated alkanes) is 1. The Bertz CT molecular complexity index is 1440. The van der Waals surface area contributed by atoms with E-state index >= 15 is 0 Å². The third-order valence-corrected chi connectivity index (χ3v) is 6.18. The lowest BCUT2D eigenvalue weighted by Crippen LogP contribution is -2.31. The largest absolute Gasteiger partial charge is 0.454 e.